The number of piperazine rings is 1. The van der Waals surface area contributed by atoms with E-state index in [4.69, 9.17) is 5.26 Å². The number of aromatic nitrogens is 2. The van der Waals surface area contributed by atoms with Gasteiger partial charge in [-0.05, 0) is 17.7 Å². The lowest BCUT2D eigenvalue weighted by molar-refractivity contribution is 0.109. The maximum absolute atomic E-state index is 10.4. The molecular formula is C17H21N5OS. The predicted octanol–water partition coefficient (Wildman–Crippen LogP) is 1.83. The molecule has 0 bridgehead atoms. The molecule has 2 aromatic rings. The van der Waals surface area contributed by atoms with Crippen LogP contribution in [0.5, 0.6) is 0 Å². The zero-order valence-corrected chi connectivity index (χ0v) is 14.5. The summed E-state index contributed by atoms with van der Waals surface area (Å²) in [6, 6.07) is 9.24. The zero-order chi connectivity index (χ0) is 16.9. The van der Waals surface area contributed by atoms with Crippen molar-refractivity contribution in [1.29, 1.82) is 5.26 Å². The van der Waals surface area contributed by atoms with Crippen molar-refractivity contribution in [3.8, 4) is 6.07 Å². The first-order chi connectivity index (χ1) is 11.7. The number of aliphatic hydroxyl groups excluding tert-OH is 1. The van der Waals surface area contributed by atoms with Crippen LogP contribution in [-0.4, -0.2) is 52.1 Å². The van der Waals surface area contributed by atoms with Crippen molar-refractivity contribution in [2.75, 3.05) is 37.6 Å². The van der Waals surface area contributed by atoms with Gasteiger partial charge in [-0.1, -0.05) is 19.1 Å². The second-order valence-corrected chi connectivity index (χ2v) is 6.61. The largest absolute Gasteiger partial charge is 0.387 e. The van der Waals surface area contributed by atoms with Crippen LogP contribution in [0.25, 0.3) is 0 Å². The van der Waals surface area contributed by atoms with Crippen LogP contribution in [0.4, 0.5) is 5.13 Å². The average Bonchev–Trinajstić information content (AvgIpc) is 3.11. The molecule has 2 heterocycles. The lowest BCUT2D eigenvalue weighted by Crippen LogP contribution is -2.47. The summed E-state index contributed by atoms with van der Waals surface area (Å²) in [5, 5.41) is 20.2. The first-order valence-corrected chi connectivity index (χ1v) is 8.95. The number of aliphatic hydroxyl groups is 1. The minimum absolute atomic E-state index is 0.530. The van der Waals surface area contributed by atoms with Crippen LogP contribution in [0.15, 0.2) is 24.3 Å². The summed E-state index contributed by atoms with van der Waals surface area (Å²) in [5.41, 5.74) is 1.47. The lowest BCUT2D eigenvalue weighted by Gasteiger charge is -2.35. The Balaban J connectivity index is 1.52. The smallest absolute Gasteiger partial charge is 0.205 e. The van der Waals surface area contributed by atoms with Crippen LogP contribution in [0, 0.1) is 11.3 Å². The van der Waals surface area contributed by atoms with Crippen LogP contribution in [0.2, 0.25) is 0 Å². The molecule has 126 valence electrons. The molecule has 1 N–H and O–H groups in total. The quantitative estimate of drug-likeness (QED) is 0.892. The second kappa shape index (κ2) is 7.71. The molecule has 0 saturated carbocycles. The van der Waals surface area contributed by atoms with Gasteiger partial charge in [0.25, 0.3) is 0 Å². The molecule has 7 heteroatoms. The summed E-state index contributed by atoms with van der Waals surface area (Å²) in [7, 11) is 0. The fourth-order valence-corrected chi connectivity index (χ4v) is 3.57. The van der Waals surface area contributed by atoms with Gasteiger partial charge >= 0.3 is 0 Å². The number of nitrogens with zero attached hydrogens (tertiary/aromatic N) is 5. The molecular weight excluding hydrogens is 322 g/mol. The van der Waals surface area contributed by atoms with Crippen LogP contribution in [0.1, 0.15) is 30.0 Å². The Hall–Kier alpha value is -2.01. The van der Waals surface area contributed by atoms with Gasteiger partial charge in [-0.2, -0.15) is 9.64 Å². The Morgan fingerprint density at radius 3 is 2.54 bits per heavy atom. The van der Waals surface area contributed by atoms with E-state index in [1.54, 1.807) is 12.1 Å². The molecule has 3 rings (SSSR count). The van der Waals surface area contributed by atoms with Gasteiger partial charge in [-0.25, -0.2) is 4.98 Å². The molecule has 1 fully saturated rings. The van der Waals surface area contributed by atoms with E-state index in [9.17, 15) is 5.11 Å². The van der Waals surface area contributed by atoms with Crippen molar-refractivity contribution < 1.29 is 5.11 Å². The molecule has 6 nitrogen and oxygen atoms in total. The fraction of sp³-hybridized carbons (Fsp3) is 0.471. The number of nitriles is 1. The molecule has 0 aliphatic carbocycles. The molecule has 1 aromatic carbocycles. The number of aryl methyl sites for hydroxylation is 1. The van der Waals surface area contributed by atoms with Crippen LogP contribution in [0.3, 0.4) is 0 Å². The molecule has 1 aliphatic heterocycles. The number of hydrogen-bond acceptors (Lipinski definition) is 7. The van der Waals surface area contributed by atoms with E-state index in [2.05, 4.69) is 32.2 Å². The minimum Gasteiger partial charge on any atom is -0.387 e. The number of β-amino-alcohol motifs (C(OH)–C–C–N with tert-alkyl or cyclic N) is 1. The minimum atomic E-state index is -0.530. The first kappa shape index (κ1) is 16.8. The molecule has 24 heavy (non-hydrogen) atoms. The van der Waals surface area contributed by atoms with E-state index >= 15 is 0 Å². The third-order valence-corrected chi connectivity index (χ3v) is 5.09. The number of rotatable bonds is 5. The van der Waals surface area contributed by atoms with Gasteiger partial charge in [0.1, 0.15) is 5.82 Å². The molecule has 0 spiro atoms. The molecule has 0 radical (unpaired) electrons. The molecule has 0 amide bonds. The van der Waals surface area contributed by atoms with Gasteiger partial charge in [0.2, 0.25) is 5.13 Å². The Morgan fingerprint density at radius 2 is 1.96 bits per heavy atom. The van der Waals surface area contributed by atoms with Crippen LogP contribution < -0.4 is 4.90 Å². The molecule has 1 aromatic heterocycles. The van der Waals surface area contributed by atoms with Crippen molar-refractivity contribution in [3.63, 3.8) is 0 Å². The number of hydrogen-bond donors (Lipinski definition) is 1. The Kier molecular flexibility index (Phi) is 5.41. The zero-order valence-electron chi connectivity index (χ0n) is 13.7. The lowest BCUT2D eigenvalue weighted by atomic mass is 10.1. The van der Waals surface area contributed by atoms with Crippen LogP contribution in [-0.2, 0) is 6.42 Å². The topological polar surface area (TPSA) is 76.3 Å². The third kappa shape index (κ3) is 3.90. The summed E-state index contributed by atoms with van der Waals surface area (Å²) in [6.45, 7) is 6.27. The maximum Gasteiger partial charge on any atom is 0.205 e. The van der Waals surface area contributed by atoms with Gasteiger partial charge in [-0.3, -0.25) is 4.90 Å². The van der Waals surface area contributed by atoms with Gasteiger partial charge in [0.15, 0.2) is 0 Å². The van der Waals surface area contributed by atoms with E-state index < -0.39 is 6.10 Å². The van der Waals surface area contributed by atoms with Crippen molar-refractivity contribution in [3.05, 3.63) is 41.2 Å². The van der Waals surface area contributed by atoms with Gasteiger partial charge in [0, 0.05) is 50.7 Å². The van der Waals surface area contributed by atoms with Crippen molar-refractivity contribution in [1.82, 2.24) is 14.3 Å². The molecule has 1 unspecified atom stereocenters. The standard InChI is InChI=1S/C17H21N5OS/c1-2-16-19-17(24-20-16)22-9-7-21(8-10-22)12-15(23)14-5-3-13(11-18)4-6-14/h3-6,15,23H,2,7-10,12H2,1H3. The highest BCUT2D eigenvalue weighted by Gasteiger charge is 2.22. The van der Waals surface area contributed by atoms with Crippen molar-refractivity contribution in [2.24, 2.45) is 0 Å². The number of anilines is 1. The highest BCUT2D eigenvalue weighted by Crippen LogP contribution is 2.21. The Bertz CT molecular complexity index is 701. The molecule has 1 aliphatic rings. The highest BCUT2D eigenvalue weighted by molar-refractivity contribution is 7.09. The maximum atomic E-state index is 10.4. The van der Waals surface area contributed by atoms with Gasteiger partial charge < -0.3 is 10.0 Å². The van der Waals surface area contributed by atoms with Crippen LogP contribution >= 0.6 is 11.5 Å². The van der Waals surface area contributed by atoms with E-state index in [1.165, 1.54) is 11.5 Å². The number of benzene rings is 1. The van der Waals surface area contributed by atoms with E-state index in [-0.39, 0.29) is 0 Å². The van der Waals surface area contributed by atoms with E-state index in [0.29, 0.717) is 12.1 Å². The normalized spacial score (nSPS) is 16.8. The molecule has 1 saturated heterocycles. The highest BCUT2D eigenvalue weighted by atomic mass is 32.1. The Morgan fingerprint density at radius 1 is 1.25 bits per heavy atom. The summed E-state index contributed by atoms with van der Waals surface area (Å²) in [4.78, 5) is 9.07. The summed E-state index contributed by atoms with van der Waals surface area (Å²) in [5.74, 6) is 0.911. The predicted molar refractivity (Wildman–Crippen MR) is 94.1 cm³/mol. The summed E-state index contributed by atoms with van der Waals surface area (Å²) < 4.78 is 4.34. The van der Waals surface area contributed by atoms with Gasteiger partial charge in [0.05, 0.1) is 17.7 Å². The SMILES string of the molecule is CCc1nsc(N2CCN(CC(O)c3ccc(C#N)cc3)CC2)n1. The van der Waals surface area contributed by atoms with E-state index in [0.717, 1.165) is 49.1 Å². The summed E-state index contributed by atoms with van der Waals surface area (Å²) >= 11 is 1.47. The second-order valence-electron chi connectivity index (χ2n) is 5.88. The Labute approximate surface area is 146 Å². The monoisotopic (exact) mass is 343 g/mol. The summed E-state index contributed by atoms with van der Waals surface area (Å²) in [6.07, 6.45) is 0.338. The van der Waals surface area contributed by atoms with E-state index in [1.807, 2.05) is 12.1 Å². The van der Waals surface area contributed by atoms with Crippen molar-refractivity contribution >= 4 is 16.7 Å². The van der Waals surface area contributed by atoms with Crippen molar-refractivity contribution in [2.45, 2.75) is 19.4 Å². The average molecular weight is 343 g/mol. The molecule has 1 atom stereocenters. The van der Waals surface area contributed by atoms with Gasteiger partial charge in [-0.15, -0.1) is 0 Å². The fourth-order valence-electron chi connectivity index (χ4n) is 2.77. The first-order valence-electron chi connectivity index (χ1n) is 8.17. The third-order valence-electron chi connectivity index (χ3n) is 4.27.